The van der Waals surface area contributed by atoms with Gasteiger partial charge in [-0.2, -0.15) is 0 Å². The predicted molar refractivity (Wildman–Crippen MR) is 66.7 cm³/mol. The number of benzene rings is 1. The van der Waals surface area contributed by atoms with Crippen LogP contribution in [0, 0.1) is 17.0 Å². The molecule has 0 aliphatic carbocycles. The maximum Gasteiger partial charge on any atom is 0.272 e. The lowest BCUT2D eigenvalue weighted by atomic mass is 10.1. The molecule has 0 saturated carbocycles. The zero-order chi connectivity index (χ0) is 14.0. The van der Waals surface area contributed by atoms with E-state index >= 15 is 0 Å². The molecular weight excluding hydrogens is 250 g/mol. The van der Waals surface area contributed by atoms with Crippen LogP contribution >= 0.6 is 0 Å². The lowest BCUT2D eigenvalue weighted by molar-refractivity contribution is -0.385. The van der Waals surface area contributed by atoms with E-state index in [-0.39, 0.29) is 24.0 Å². The summed E-state index contributed by atoms with van der Waals surface area (Å²) in [5.41, 5.74) is 0.767. The second-order valence-corrected chi connectivity index (χ2v) is 4.34. The van der Waals surface area contributed by atoms with Crippen LogP contribution in [0.3, 0.4) is 0 Å². The Hall–Kier alpha value is -2.44. The van der Waals surface area contributed by atoms with Gasteiger partial charge < -0.3 is 10.2 Å². The van der Waals surface area contributed by atoms with Crippen molar-refractivity contribution in [1.82, 2.24) is 10.2 Å². The minimum absolute atomic E-state index is 0.0204. The van der Waals surface area contributed by atoms with Crippen LogP contribution in [0.5, 0.6) is 0 Å². The lowest BCUT2D eigenvalue weighted by Gasteiger charge is -2.26. The minimum atomic E-state index is -0.488. The molecule has 19 heavy (non-hydrogen) atoms. The molecule has 2 rings (SSSR count). The summed E-state index contributed by atoms with van der Waals surface area (Å²) >= 11 is 0. The van der Waals surface area contributed by atoms with Gasteiger partial charge in [0.25, 0.3) is 11.6 Å². The Bertz CT molecular complexity index is 556. The first kappa shape index (κ1) is 13.0. The molecule has 0 bridgehead atoms. The number of piperazine rings is 1. The molecule has 0 aromatic heterocycles. The number of aryl methyl sites for hydroxylation is 1. The van der Waals surface area contributed by atoms with Crippen molar-refractivity contribution in [2.75, 3.05) is 19.6 Å². The van der Waals surface area contributed by atoms with Gasteiger partial charge in [0.1, 0.15) is 0 Å². The van der Waals surface area contributed by atoms with Crippen LogP contribution in [0.15, 0.2) is 18.2 Å². The van der Waals surface area contributed by atoms with E-state index in [2.05, 4.69) is 5.32 Å². The normalized spacial score (nSPS) is 15.0. The number of carbonyl (C=O) groups excluding carboxylic acids is 2. The quantitative estimate of drug-likeness (QED) is 0.620. The molecule has 2 amide bonds. The van der Waals surface area contributed by atoms with Gasteiger partial charge in [0.2, 0.25) is 5.91 Å². The second kappa shape index (κ2) is 5.05. The van der Waals surface area contributed by atoms with Gasteiger partial charge in [-0.05, 0) is 19.1 Å². The second-order valence-electron chi connectivity index (χ2n) is 4.34. The standard InChI is InChI=1S/C12H13N3O4/c1-8-6-9(2-3-10(8)15(18)19)12(17)14-5-4-13-11(16)7-14/h2-3,6H,4-5,7H2,1H3,(H,13,16). The highest BCUT2D eigenvalue weighted by Crippen LogP contribution is 2.19. The van der Waals surface area contributed by atoms with Crippen molar-refractivity contribution >= 4 is 17.5 Å². The molecule has 1 saturated heterocycles. The molecule has 1 aliphatic rings. The highest BCUT2D eigenvalue weighted by atomic mass is 16.6. The van der Waals surface area contributed by atoms with Crippen molar-refractivity contribution in [2.45, 2.75) is 6.92 Å². The molecule has 1 heterocycles. The number of nitro benzene ring substituents is 1. The van der Waals surface area contributed by atoms with Crippen LogP contribution < -0.4 is 5.32 Å². The molecule has 1 aromatic rings. The van der Waals surface area contributed by atoms with E-state index in [4.69, 9.17) is 0 Å². The predicted octanol–water partition coefficient (Wildman–Crippen LogP) is 0.475. The van der Waals surface area contributed by atoms with E-state index in [0.29, 0.717) is 24.2 Å². The number of hydrogen-bond donors (Lipinski definition) is 1. The van der Waals surface area contributed by atoms with Gasteiger partial charge in [0, 0.05) is 30.3 Å². The molecule has 1 N–H and O–H groups in total. The smallest absolute Gasteiger partial charge is 0.272 e. The van der Waals surface area contributed by atoms with E-state index < -0.39 is 4.92 Å². The van der Waals surface area contributed by atoms with Crippen molar-refractivity contribution < 1.29 is 14.5 Å². The molecule has 1 fully saturated rings. The zero-order valence-electron chi connectivity index (χ0n) is 10.4. The average Bonchev–Trinajstić information content (AvgIpc) is 2.37. The number of nitrogens with zero attached hydrogens (tertiary/aromatic N) is 2. The summed E-state index contributed by atoms with van der Waals surface area (Å²) in [6.07, 6.45) is 0. The van der Waals surface area contributed by atoms with Crippen LogP contribution in [0.2, 0.25) is 0 Å². The fourth-order valence-corrected chi connectivity index (χ4v) is 1.99. The van der Waals surface area contributed by atoms with Crippen LogP contribution in [-0.2, 0) is 4.79 Å². The van der Waals surface area contributed by atoms with Crippen LogP contribution in [0.4, 0.5) is 5.69 Å². The number of nitrogens with one attached hydrogen (secondary N) is 1. The monoisotopic (exact) mass is 263 g/mol. The van der Waals surface area contributed by atoms with Gasteiger partial charge in [0.05, 0.1) is 11.5 Å². The van der Waals surface area contributed by atoms with Gasteiger partial charge in [0.15, 0.2) is 0 Å². The average molecular weight is 263 g/mol. The Morgan fingerprint density at radius 1 is 1.47 bits per heavy atom. The first-order valence-corrected chi connectivity index (χ1v) is 5.80. The van der Waals surface area contributed by atoms with Crippen molar-refractivity contribution in [1.29, 1.82) is 0 Å². The lowest BCUT2D eigenvalue weighted by Crippen LogP contribution is -2.49. The largest absolute Gasteiger partial charge is 0.353 e. The van der Waals surface area contributed by atoms with Crippen LogP contribution in [-0.4, -0.2) is 41.3 Å². The fraction of sp³-hybridized carbons (Fsp3) is 0.333. The summed E-state index contributed by atoms with van der Waals surface area (Å²) in [7, 11) is 0. The highest BCUT2D eigenvalue weighted by Gasteiger charge is 2.23. The van der Waals surface area contributed by atoms with Gasteiger partial charge in [-0.3, -0.25) is 19.7 Å². The van der Waals surface area contributed by atoms with Gasteiger partial charge >= 0.3 is 0 Å². The first-order chi connectivity index (χ1) is 8.99. The van der Waals surface area contributed by atoms with Crippen LogP contribution in [0.25, 0.3) is 0 Å². The van der Waals surface area contributed by atoms with E-state index in [1.165, 1.54) is 23.1 Å². The minimum Gasteiger partial charge on any atom is -0.353 e. The van der Waals surface area contributed by atoms with Gasteiger partial charge in [-0.15, -0.1) is 0 Å². The molecule has 1 aromatic carbocycles. The maximum atomic E-state index is 12.2. The topological polar surface area (TPSA) is 92.6 Å². The molecule has 7 nitrogen and oxygen atoms in total. The Labute approximate surface area is 109 Å². The van der Waals surface area contributed by atoms with Crippen molar-refractivity contribution in [3.8, 4) is 0 Å². The number of hydrogen-bond acceptors (Lipinski definition) is 4. The summed E-state index contributed by atoms with van der Waals surface area (Å²) in [6, 6.07) is 4.21. The summed E-state index contributed by atoms with van der Waals surface area (Å²) < 4.78 is 0. The third-order valence-corrected chi connectivity index (χ3v) is 2.97. The summed E-state index contributed by atoms with van der Waals surface area (Å²) in [5.74, 6) is -0.480. The number of amides is 2. The molecular formula is C12H13N3O4. The molecule has 100 valence electrons. The Balaban J connectivity index is 2.22. The Morgan fingerprint density at radius 3 is 2.79 bits per heavy atom. The van der Waals surface area contributed by atoms with Crippen molar-refractivity contribution in [2.24, 2.45) is 0 Å². The van der Waals surface area contributed by atoms with Gasteiger partial charge in [-0.1, -0.05) is 0 Å². The Kier molecular flexibility index (Phi) is 3.46. The van der Waals surface area contributed by atoms with Gasteiger partial charge in [-0.25, -0.2) is 0 Å². The molecule has 1 aliphatic heterocycles. The molecule has 0 atom stereocenters. The van der Waals surface area contributed by atoms with Crippen LogP contribution in [0.1, 0.15) is 15.9 Å². The Morgan fingerprint density at radius 2 is 2.21 bits per heavy atom. The molecule has 0 unspecified atom stereocenters. The summed E-state index contributed by atoms with van der Waals surface area (Å²) in [4.78, 5) is 35.0. The first-order valence-electron chi connectivity index (χ1n) is 5.80. The highest BCUT2D eigenvalue weighted by molar-refractivity contribution is 5.97. The summed E-state index contributed by atoms with van der Waals surface area (Å²) in [5, 5.41) is 13.3. The molecule has 7 heteroatoms. The van der Waals surface area contributed by atoms with Crippen molar-refractivity contribution in [3.05, 3.63) is 39.4 Å². The third-order valence-electron chi connectivity index (χ3n) is 2.97. The third kappa shape index (κ3) is 2.70. The number of rotatable bonds is 2. The van der Waals surface area contributed by atoms with E-state index in [9.17, 15) is 19.7 Å². The van der Waals surface area contributed by atoms with E-state index in [0.717, 1.165) is 0 Å². The zero-order valence-corrected chi connectivity index (χ0v) is 10.4. The fourth-order valence-electron chi connectivity index (χ4n) is 1.99. The molecule has 0 radical (unpaired) electrons. The van der Waals surface area contributed by atoms with Crippen molar-refractivity contribution in [3.63, 3.8) is 0 Å². The maximum absolute atomic E-state index is 12.2. The summed E-state index contributed by atoms with van der Waals surface area (Å²) in [6.45, 7) is 2.48. The van der Waals surface area contributed by atoms with E-state index in [1.54, 1.807) is 6.92 Å². The van der Waals surface area contributed by atoms with E-state index in [1.807, 2.05) is 0 Å². The molecule has 0 spiro atoms. The number of carbonyl (C=O) groups is 2. The SMILES string of the molecule is Cc1cc(C(=O)N2CCNC(=O)C2)ccc1[N+](=O)[O-]. The number of nitro groups is 1.